The molecule has 114 valence electrons. The molecule has 8 heteroatoms. The van der Waals surface area contributed by atoms with Gasteiger partial charge in [0.25, 0.3) is 0 Å². The van der Waals surface area contributed by atoms with E-state index < -0.39 is 15.6 Å². The second-order valence-corrected chi connectivity index (χ2v) is 6.58. The van der Waals surface area contributed by atoms with E-state index in [9.17, 15) is 13.2 Å². The van der Waals surface area contributed by atoms with Crippen molar-refractivity contribution in [3.63, 3.8) is 0 Å². The summed E-state index contributed by atoms with van der Waals surface area (Å²) >= 11 is 0. The highest BCUT2D eigenvalue weighted by Gasteiger charge is 2.24. The van der Waals surface area contributed by atoms with Crippen LogP contribution in [-0.2, 0) is 14.8 Å². The standard InChI is InChI=1S/C12H19N3O3S.ClH/c1-9(16)14-10-4-6-11(7-5-10)19(17,18)15-12(2,3)8-13;/h4-7,15H,8,13H2,1-3H3,(H,14,16);1H. The van der Waals surface area contributed by atoms with Crippen LogP contribution in [0.5, 0.6) is 0 Å². The van der Waals surface area contributed by atoms with Gasteiger partial charge in [0.15, 0.2) is 0 Å². The quantitative estimate of drug-likeness (QED) is 0.755. The summed E-state index contributed by atoms with van der Waals surface area (Å²) in [4.78, 5) is 11.0. The molecule has 1 amide bonds. The van der Waals surface area contributed by atoms with Crippen molar-refractivity contribution < 1.29 is 13.2 Å². The summed E-state index contributed by atoms with van der Waals surface area (Å²) in [6.45, 7) is 4.98. The van der Waals surface area contributed by atoms with E-state index in [1.807, 2.05) is 0 Å². The molecule has 0 aromatic heterocycles. The molecule has 6 nitrogen and oxygen atoms in total. The van der Waals surface area contributed by atoms with Gasteiger partial charge in [-0.2, -0.15) is 0 Å². The Bertz CT molecular complexity index is 556. The molecule has 0 saturated heterocycles. The number of anilines is 1. The predicted molar refractivity (Wildman–Crippen MR) is 81.4 cm³/mol. The van der Waals surface area contributed by atoms with Crippen LogP contribution in [0.2, 0.25) is 0 Å². The summed E-state index contributed by atoms with van der Waals surface area (Å²) < 4.78 is 26.7. The number of carbonyl (C=O) groups excluding carboxylic acids is 1. The van der Waals surface area contributed by atoms with E-state index in [-0.39, 0.29) is 29.8 Å². The van der Waals surface area contributed by atoms with Gasteiger partial charge in [0.1, 0.15) is 0 Å². The van der Waals surface area contributed by atoms with Crippen LogP contribution in [0.25, 0.3) is 0 Å². The molecule has 0 fully saturated rings. The Hall–Kier alpha value is -1.15. The zero-order chi connectivity index (χ0) is 14.7. The lowest BCUT2D eigenvalue weighted by Gasteiger charge is -2.23. The van der Waals surface area contributed by atoms with Crippen LogP contribution in [0.15, 0.2) is 29.2 Å². The van der Waals surface area contributed by atoms with E-state index >= 15 is 0 Å². The van der Waals surface area contributed by atoms with Gasteiger partial charge in [0, 0.05) is 24.7 Å². The van der Waals surface area contributed by atoms with Gasteiger partial charge in [-0.1, -0.05) is 0 Å². The van der Waals surface area contributed by atoms with Crippen molar-refractivity contribution in [3.8, 4) is 0 Å². The van der Waals surface area contributed by atoms with Crippen molar-refractivity contribution in [2.45, 2.75) is 31.2 Å². The molecule has 4 N–H and O–H groups in total. The summed E-state index contributed by atoms with van der Waals surface area (Å²) in [7, 11) is -3.62. The Labute approximate surface area is 125 Å². The molecule has 0 bridgehead atoms. The summed E-state index contributed by atoms with van der Waals surface area (Å²) in [5, 5.41) is 2.57. The first-order valence-corrected chi connectivity index (χ1v) is 7.26. The highest BCUT2D eigenvalue weighted by Crippen LogP contribution is 2.16. The van der Waals surface area contributed by atoms with Crippen molar-refractivity contribution in [3.05, 3.63) is 24.3 Å². The van der Waals surface area contributed by atoms with Crippen LogP contribution in [0.3, 0.4) is 0 Å². The Morgan fingerprint density at radius 2 is 1.75 bits per heavy atom. The second-order valence-electron chi connectivity index (χ2n) is 4.90. The smallest absolute Gasteiger partial charge is 0.241 e. The van der Waals surface area contributed by atoms with Crippen LogP contribution < -0.4 is 15.8 Å². The molecule has 20 heavy (non-hydrogen) atoms. The highest BCUT2D eigenvalue weighted by molar-refractivity contribution is 7.89. The number of halogens is 1. The van der Waals surface area contributed by atoms with Crippen molar-refractivity contribution >= 4 is 34.0 Å². The number of amides is 1. The Kier molecular flexibility index (Phi) is 6.63. The van der Waals surface area contributed by atoms with Crippen LogP contribution in [0.4, 0.5) is 5.69 Å². The summed E-state index contributed by atoms with van der Waals surface area (Å²) in [6, 6.07) is 5.93. The molecule has 1 rings (SSSR count). The van der Waals surface area contributed by atoms with Crippen molar-refractivity contribution in [2.75, 3.05) is 11.9 Å². The fourth-order valence-corrected chi connectivity index (χ4v) is 2.81. The molecular weight excluding hydrogens is 302 g/mol. The number of nitrogens with two attached hydrogens (primary N) is 1. The minimum Gasteiger partial charge on any atom is -0.329 e. The van der Waals surface area contributed by atoms with E-state index in [0.717, 1.165) is 0 Å². The molecule has 0 aliphatic rings. The molecular formula is C12H20ClN3O3S. The average Bonchev–Trinajstić information content (AvgIpc) is 2.27. The molecule has 1 aromatic carbocycles. The molecule has 1 aromatic rings. The van der Waals surface area contributed by atoms with E-state index in [1.54, 1.807) is 13.8 Å². The zero-order valence-electron chi connectivity index (χ0n) is 11.6. The van der Waals surface area contributed by atoms with E-state index in [0.29, 0.717) is 5.69 Å². The molecule has 0 heterocycles. The van der Waals surface area contributed by atoms with Crippen LogP contribution in [0.1, 0.15) is 20.8 Å². The van der Waals surface area contributed by atoms with Crippen LogP contribution in [-0.4, -0.2) is 26.4 Å². The molecule has 0 saturated carbocycles. The van der Waals surface area contributed by atoms with Gasteiger partial charge in [0.05, 0.1) is 4.90 Å². The van der Waals surface area contributed by atoms with E-state index in [4.69, 9.17) is 5.73 Å². The number of nitrogens with one attached hydrogen (secondary N) is 2. The lowest BCUT2D eigenvalue weighted by Crippen LogP contribution is -2.48. The fraction of sp³-hybridized carbons (Fsp3) is 0.417. The predicted octanol–water partition coefficient (Wildman–Crippen LogP) is 1.08. The summed E-state index contributed by atoms with van der Waals surface area (Å²) in [5.41, 5.74) is 5.33. The molecule has 0 aliphatic heterocycles. The van der Waals surface area contributed by atoms with Crippen molar-refractivity contribution in [1.29, 1.82) is 0 Å². The topological polar surface area (TPSA) is 101 Å². The number of hydrogen-bond donors (Lipinski definition) is 3. The Morgan fingerprint density at radius 3 is 2.15 bits per heavy atom. The van der Waals surface area contributed by atoms with Gasteiger partial charge >= 0.3 is 0 Å². The largest absolute Gasteiger partial charge is 0.329 e. The molecule has 0 radical (unpaired) electrons. The maximum atomic E-state index is 12.1. The normalized spacial score (nSPS) is 11.6. The van der Waals surface area contributed by atoms with Gasteiger partial charge in [-0.3, -0.25) is 4.79 Å². The third kappa shape index (κ3) is 5.46. The Morgan fingerprint density at radius 1 is 1.25 bits per heavy atom. The first-order valence-electron chi connectivity index (χ1n) is 5.78. The third-order valence-electron chi connectivity index (χ3n) is 2.41. The number of hydrogen-bond acceptors (Lipinski definition) is 4. The minimum atomic E-state index is -3.62. The maximum absolute atomic E-state index is 12.1. The second kappa shape index (κ2) is 7.03. The lowest BCUT2D eigenvalue weighted by molar-refractivity contribution is -0.114. The number of carbonyl (C=O) groups is 1. The number of benzene rings is 1. The van der Waals surface area contributed by atoms with Crippen molar-refractivity contribution in [2.24, 2.45) is 5.73 Å². The molecule has 0 unspecified atom stereocenters. The average molecular weight is 322 g/mol. The number of sulfonamides is 1. The summed E-state index contributed by atoms with van der Waals surface area (Å²) in [5.74, 6) is -0.210. The lowest BCUT2D eigenvalue weighted by atomic mass is 10.1. The third-order valence-corrected chi connectivity index (χ3v) is 4.12. The molecule has 0 aliphatic carbocycles. The summed E-state index contributed by atoms with van der Waals surface area (Å²) in [6.07, 6.45) is 0. The van der Waals surface area contributed by atoms with E-state index in [1.165, 1.54) is 31.2 Å². The van der Waals surface area contributed by atoms with Crippen molar-refractivity contribution in [1.82, 2.24) is 4.72 Å². The van der Waals surface area contributed by atoms with Gasteiger partial charge in [0.2, 0.25) is 15.9 Å². The monoisotopic (exact) mass is 321 g/mol. The Balaban J connectivity index is 0.00000361. The first-order chi connectivity index (χ1) is 8.66. The zero-order valence-corrected chi connectivity index (χ0v) is 13.3. The van der Waals surface area contributed by atoms with E-state index in [2.05, 4.69) is 10.0 Å². The molecule has 0 spiro atoms. The number of rotatable bonds is 5. The van der Waals surface area contributed by atoms with Gasteiger partial charge in [-0.25, -0.2) is 13.1 Å². The van der Waals surface area contributed by atoms with Gasteiger partial charge in [-0.15, -0.1) is 12.4 Å². The van der Waals surface area contributed by atoms with Crippen LogP contribution in [0, 0.1) is 0 Å². The minimum absolute atomic E-state index is 0. The SMILES string of the molecule is CC(=O)Nc1ccc(S(=O)(=O)NC(C)(C)CN)cc1.Cl. The van der Waals surface area contributed by atoms with Gasteiger partial charge in [-0.05, 0) is 38.1 Å². The fourth-order valence-electron chi connectivity index (χ4n) is 1.39. The molecule has 0 atom stereocenters. The first kappa shape index (κ1) is 18.9. The maximum Gasteiger partial charge on any atom is 0.241 e. The highest BCUT2D eigenvalue weighted by atomic mass is 35.5. The van der Waals surface area contributed by atoms with Crippen LogP contribution >= 0.6 is 12.4 Å². The van der Waals surface area contributed by atoms with Gasteiger partial charge < -0.3 is 11.1 Å².